The van der Waals surface area contributed by atoms with Crippen LogP contribution in [0, 0.1) is 5.82 Å². The van der Waals surface area contributed by atoms with Crippen molar-refractivity contribution in [2.75, 3.05) is 25.1 Å². The molecule has 0 atom stereocenters. The van der Waals surface area contributed by atoms with Gasteiger partial charge in [0.05, 0.1) is 5.69 Å². The van der Waals surface area contributed by atoms with Crippen molar-refractivity contribution in [3.63, 3.8) is 0 Å². The molecule has 1 aromatic rings. The average Bonchev–Trinajstić information content (AvgIpc) is 2.75. The normalized spacial score (nSPS) is 19.5. The number of halogens is 2. The molecule has 4 amide bonds. The fraction of sp³-hybridized carbons (Fsp3) is 0.400. The van der Waals surface area contributed by atoms with E-state index in [2.05, 4.69) is 26.6 Å². The smallest absolute Gasteiger partial charge is 0.325 e. The standard InChI is InChI=1S/C15H15BrFN3O4/c16-9-1-2-11(10(17)7-9)18-12(21)8-20-13(22)15(19-14(20)23)3-5-24-6-4-15/h1-2,7H,3-6,8H2,(H,18,21)(H,19,23). The van der Waals surface area contributed by atoms with Crippen molar-refractivity contribution in [1.82, 2.24) is 10.2 Å². The Balaban J connectivity index is 1.68. The molecule has 0 aliphatic carbocycles. The molecule has 1 spiro atoms. The Hall–Kier alpha value is -2.00. The maximum Gasteiger partial charge on any atom is 0.325 e. The summed E-state index contributed by atoms with van der Waals surface area (Å²) in [6, 6.07) is 3.56. The Morgan fingerprint density at radius 3 is 2.75 bits per heavy atom. The zero-order valence-corrected chi connectivity index (χ0v) is 14.2. The lowest BCUT2D eigenvalue weighted by Gasteiger charge is -2.30. The number of rotatable bonds is 3. The summed E-state index contributed by atoms with van der Waals surface area (Å²) in [6.45, 7) is 0.273. The molecule has 0 aromatic heterocycles. The summed E-state index contributed by atoms with van der Waals surface area (Å²) in [5.74, 6) is -1.71. The Morgan fingerprint density at radius 2 is 2.08 bits per heavy atom. The van der Waals surface area contributed by atoms with E-state index in [9.17, 15) is 18.8 Å². The third-order valence-electron chi connectivity index (χ3n) is 4.10. The second-order valence-electron chi connectivity index (χ2n) is 5.69. The van der Waals surface area contributed by atoms with Crippen LogP contribution in [0.4, 0.5) is 14.9 Å². The molecular weight excluding hydrogens is 385 g/mol. The molecule has 24 heavy (non-hydrogen) atoms. The van der Waals surface area contributed by atoms with Crippen molar-refractivity contribution in [2.45, 2.75) is 18.4 Å². The van der Waals surface area contributed by atoms with Gasteiger partial charge >= 0.3 is 6.03 Å². The van der Waals surface area contributed by atoms with Crippen LogP contribution in [-0.4, -0.2) is 48.0 Å². The van der Waals surface area contributed by atoms with E-state index >= 15 is 0 Å². The highest BCUT2D eigenvalue weighted by Gasteiger charge is 2.52. The monoisotopic (exact) mass is 399 g/mol. The number of urea groups is 1. The lowest BCUT2D eigenvalue weighted by atomic mass is 9.90. The van der Waals surface area contributed by atoms with Gasteiger partial charge in [-0.25, -0.2) is 9.18 Å². The van der Waals surface area contributed by atoms with Crippen molar-refractivity contribution < 1.29 is 23.5 Å². The maximum atomic E-state index is 13.7. The quantitative estimate of drug-likeness (QED) is 0.756. The van der Waals surface area contributed by atoms with Gasteiger partial charge in [-0.2, -0.15) is 0 Å². The van der Waals surface area contributed by atoms with Crippen LogP contribution < -0.4 is 10.6 Å². The summed E-state index contributed by atoms with van der Waals surface area (Å²) in [6.07, 6.45) is 0.744. The third kappa shape index (κ3) is 3.13. The van der Waals surface area contributed by atoms with Crippen molar-refractivity contribution in [3.8, 4) is 0 Å². The molecule has 0 unspecified atom stereocenters. The first-order valence-corrected chi connectivity index (χ1v) is 8.17. The van der Waals surface area contributed by atoms with Gasteiger partial charge in [-0.15, -0.1) is 0 Å². The van der Waals surface area contributed by atoms with Crippen LogP contribution in [0.5, 0.6) is 0 Å². The van der Waals surface area contributed by atoms with Gasteiger partial charge in [0.1, 0.15) is 17.9 Å². The predicted octanol–water partition coefficient (Wildman–Crippen LogP) is 1.63. The van der Waals surface area contributed by atoms with E-state index in [4.69, 9.17) is 4.74 Å². The summed E-state index contributed by atoms with van der Waals surface area (Å²) in [5, 5.41) is 5.02. The minimum absolute atomic E-state index is 0.0176. The number of benzene rings is 1. The first-order chi connectivity index (χ1) is 11.4. The second-order valence-corrected chi connectivity index (χ2v) is 6.60. The molecule has 0 bridgehead atoms. The van der Waals surface area contributed by atoms with Gasteiger partial charge in [-0.05, 0) is 18.2 Å². The number of hydrogen-bond acceptors (Lipinski definition) is 4. The molecule has 128 valence electrons. The fourth-order valence-electron chi connectivity index (χ4n) is 2.80. The Kier molecular flexibility index (Phi) is 4.55. The summed E-state index contributed by atoms with van der Waals surface area (Å²) < 4.78 is 19.5. The van der Waals surface area contributed by atoms with Crippen LogP contribution in [0.3, 0.4) is 0 Å². The summed E-state index contributed by atoms with van der Waals surface area (Å²) >= 11 is 3.12. The first kappa shape index (κ1) is 16.8. The summed E-state index contributed by atoms with van der Waals surface area (Å²) in [4.78, 5) is 37.5. The molecule has 2 fully saturated rings. The van der Waals surface area contributed by atoms with E-state index in [1.54, 1.807) is 6.07 Å². The van der Waals surface area contributed by atoms with E-state index < -0.39 is 35.7 Å². The summed E-state index contributed by atoms with van der Waals surface area (Å²) in [7, 11) is 0. The molecule has 2 saturated heterocycles. The van der Waals surface area contributed by atoms with E-state index in [0.717, 1.165) is 4.90 Å². The molecule has 1 aromatic carbocycles. The Morgan fingerprint density at radius 1 is 1.38 bits per heavy atom. The van der Waals surface area contributed by atoms with Crippen LogP contribution in [0.1, 0.15) is 12.8 Å². The topological polar surface area (TPSA) is 87.7 Å². The van der Waals surface area contributed by atoms with Gasteiger partial charge in [0.2, 0.25) is 5.91 Å². The van der Waals surface area contributed by atoms with Crippen LogP contribution >= 0.6 is 15.9 Å². The molecule has 2 heterocycles. The predicted molar refractivity (Wildman–Crippen MR) is 85.8 cm³/mol. The largest absolute Gasteiger partial charge is 0.381 e. The number of nitrogens with zero attached hydrogens (tertiary/aromatic N) is 1. The number of anilines is 1. The highest BCUT2D eigenvalue weighted by molar-refractivity contribution is 9.10. The molecule has 2 aliphatic heterocycles. The van der Waals surface area contributed by atoms with Crippen LogP contribution in [0.2, 0.25) is 0 Å². The van der Waals surface area contributed by atoms with Gasteiger partial charge in [-0.3, -0.25) is 14.5 Å². The third-order valence-corrected chi connectivity index (χ3v) is 4.59. The van der Waals surface area contributed by atoms with E-state index in [1.165, 1.54) is 12.1 Å². The van der Waals surface area contributed by atoms with Gasteiger partial charge in [-0.1, -0.05) is 15.9 Å². The minimum Gasteiger partial charge on any atom is -0.381 e. The van der Waals surface area contributed by atoms with Gasteiger partial charge in [0.25, 0.3) is 5.91 Å². The number of amides is 4. The highest BCUT2D eigenvalue weighted by Crippen LogP contribution is 2.28. The lowest BCUT2D eigenvalue weighted by molar-refractivity contribution is -0.136. The molecule has 2 aliphatic rings. The molecule has 7 nitrogen and oxygen atoms in total. The fourth-order valence-corrected chi connectivity index (χ4v) is 3.14. The Labute approximate surface area is 145 Å². The lowest BCUT2D eigenvalue weighted by Crippen LogP contribution is -2.51. The van der Waals surface area contributed by atoms with E-state index in [-0.39, 0.29) is 5.69 Å². The Bertz CT molecular complexity index is 706. The summed E-state index contributed by atoms with van der Waals surface area (Å²) in [5.41, 5.74) is -1.01. The van der Waals surface area contributed by atoms with Crippen molar-refractivity contribution in [2.24, 2.45) is 0 Å². The van der Waals surface area contributed by atoms with Gasteiger partial charge in [0.15, 0.2) is 0 Å². The van der Waals surface area contributed by atoms with Crippen LogP contribution in [0.25, 0.3) is 0 Å². The van der Waals surface area contributed by atoms with Crippen molar-refractivity contribution >= 4 is 39.5 Å². The van der Waals surface area contributed by atoms with Gasteiger partial charge in [0, 0.05) is 30.5 Å². The number of hydrogen-bond donors (Lipinski definition) is 2. The molecule has 0 radical (unpaired) electrons. The maximum absolute atomic E-state index is 13.7. The number of ether oxygens (including phenoxy) is 1. The molecular formula is C15H15BrFN3O4. The van der Waals surface area contributed by atoms with Crippen LogP contribution in [0.15, 0.2) is 22.7 Å². The van der Waals surface area contributed by atoms with E-state index in [0.29, 0.717) is 30.5 Å². The molecule has 2 N–H and O–H groups in total. The van der Waals surface area contributed by atoms with Crippen LogP contribution in [-0.2, 0) is 14.3 Å². The van der Waals surface area contributed by atoms with Crippen molar-refractivity contribution in [1.29, 1.82) is 0 Å². The first-order valence-electron chi connectivity index (χ1n) is 7.38. The van der Waals surface area contributed by atoms with Gasteiger partial charge < -0.3 is 15.4 Å². The van der Waals surface area contributed by atoms with E-state index in [1.807, 2.05) is 0 Å². The second kappa shape index (κ2) is 6.48. The molecule has 3 rings (SSSR count). The number of nitrogens with one attached hydrogen (secondary N) is 2. The SMILES string of the molecule is O=C(CN1C(=O)NC2(CCOCC2)C1=O)Nc1ccc(Br)cc1F. The average molecular weight is 400 g/mol. The zero-order valence-electron chi connectivity index (χ0n) is 12.6. The number of imide groups is 1. The molecule has 9 heteroatoms. The molecule has 0 saturated carbocycles. The number of carbonyl (C=O) groups excluding carboxylic acids is 3. The zero-order chi connectivity index (χ0) is 17.3. The number of carbonyl (C=O) groups is 3. The van der Waals surface area contributed by atoms with Crippen molar-refractivity contribution in [3.05, 3.63) is 28.5 Å². The highest BCUT2D eigenvalue weighted by atomic mass is 79.9. The minimum atomic E-state index is -0.988.